The van der Waals surface area contributed by atoms with Gasteiger partial charge in [-0.1, -0.05) is 36.5 Å². The van der Waals surface area contributed by atoms with E-state index in [1.165, 1.54) is 0 Å². The van der Waals surface area contributed by atoms with Crippen molar-refractivity contribution in [3.63, 3.8) is 0 Å². The lowest BCUT2D eigenvalue weighted by molar-refractivity contribution is 1.13. The van der Waals surface area contributed by atoms with E-state index >= 15 is 0 Å². The van der Waals surface area contributed by atoms with Crippen LogP contribution < -0.4 is 4.90 Å². The molecule has 0 atom stereocenters. The number of hydrogen-bond acceptors (Lipinski definition) is 3. The molecule has 0 amide bonds. The Morgan fingerprint density at radius 3 is 2.40 bits per heavy atom. The number of aromatic amines is 1. The molecule has 0 unspecified atom stereocenters. The van der Waals surface area contributed by atoms with E-state index in [1.54, 1.807) is 0 Å². The zero-order valence-corrected chi connectivity index (χ0v) is 12.2. The molecule has 0 bridgehead atoms. The third-order valence-corrected chi connectivity index (χ3v) is 3.55. The van der Waals surface area contributed by atoms with Crippen LogP contribution in [0.4, 0.5) is 5.69 Å². The predicted molar refractivity (Wildman–Crippen MR) is 86.7 cm³/mol. The molecule has 0 saturated carbocycles. The first-order valence-electron chi connectivity index (χ1n) is 6.42. The summed E-state index contributed by atoms with van der Waals surface area (Å²) >= 11 is 5.42. The van der Waals surface area contributed by atoms with Gasteiger partial charge in [0.15, 0.2) is 0 Å². The zero-order valence-electron chi connectivity index (χ0n) is 11.4. The number of fused-ring (bicyclic) bond motifs is 1. The van der Waals surface area contributed by atoms with Gasteiger partial charge in [0.05, 0.1) is 11.0 Å². The molecule has 20 heavy (non-hydrogen) atoms. The molecule has 4 heteroatoms. The normalized spacial score (nSPS) is 10.7. The largest absolute Gasteiger partial charge is 0.378 e. The van der Waals surface area contributed by atoms with Crippen molar-refractivity contribution in [1.82, 2.24) is 9.97 Å². The van der Waals surface area contributed by atoms with Gasteiger partial charge in [-0.15, -0.1) is 0 Å². The number of H-pyrrole nitrogens is 1. The zero-order chi connectivity index (χ0) is 14.1. The van der Waals surface area contributed by atoms with Gasteiger partial charge in [-0.2, -0.15) is 0 Å². The highest BCUT2D eigenvalue weighted by Gasteiger charge is 2.05. The molecule has 1 N–H and O–H groups in total. The molecule has 0 fully saturated rings. The molecule has 3 rings (SSSR count). The summed E-state index contributed by atoms with van der Waals surface area (Å²) in [6.45, 7) is 0. The van der Waals surface area contributed by atoms with Crippen LogP contribution in [0.5, 0.6) is 0 Å². The summed E-state index contributed by atoms with van der Waals surface area (Å²) in [5, 5.41) is 0. The first-order valence-corrected chi connectivity index (χ1v) is 6.83. The van der Waals surface area contributed by atoms with Crippen LogP contribution in [0, 0.1) is 4.64 Å². The van der Waals surface area contributed by atoms with Gasteiger partial charge in [0.1, 0.15) is 10.3 Å². The molecule has 3 nitrogen and oxygen atoms in total. The van der Waals surface area contributed by atoms with Gasteiger partial charge in [-0.3, -0.25) is 0 Å². The van der Waals surface area contributed by atoms with Gasteiger partial charge in [-0.05, 0) is 24.3 Å². The lowest BCUT2D eigenvalue weighted by Crippen LogP contribution is -2.07. The number of hydrogen-bond donors (Lipinski definition) is 1. The minimum Gasteiger partial charge on any atom is -0.378 e. The maximum absolute atomic E-state index is 5.42. The third-order valence-electron chi connectivity index (χ3n) is 3.26. The van der Waals surface area contributed by atoms with E-state index in [9.17, 15) is 0 Å². The van der Waals surface area contributed by atoms with E-state index < -0.39 is 0 Å². The van der Waals surface area contributed by atoms with Crippen LogP contribution in [-0.4, -0.2) is 24.1 Å². The van der Waals surface area contributed by atoms with Gasteiger partial charge < -0.3 is 9.88 Å². The van der Waals surface area contributed by atoms with E-state index in [2.05, 4.69) is 39.1 Å². The van der Waals surface area contributed by atoms with Crippen molar-refractivity contribution in [3.05, 3.63) is 53.2 Å². The second kappa shape index (κ2) is 5.06. The Morgan fingerprint density at radius 2 is 1.70 bits per heavy atom. The third kappa shape index (κ3) is 2.30. The summed E-state index contributed by atoms with van der Waals surface area (Å²) in [5.74, 6) is 0. The number of nitrogens with one attached hydrogen (secondary N) is 1. The van der Waals surface area contributed by atoms with Crippen molar-refractivity contribution in [3.8, 4) is 11.3 Å². The molecule has 0 aliphatic carbocycles. The molecule has 0 aliphatic heterocycles. The van der Waals surface area contributed by atoms with Gasteiger partial charge in [-0.25, -0.2) is 4.98 Å². The number of para-hydroxylation sites is 2. The average molecular weight is 281 g/mol. The lowest BCUT2D eigenvalue weighted by atomic mass is 10.1. The lowest BCUT2D eigenvalue weighted by Gasteiger charge is -2.12. The predicted octanol–water partition coefficient (Wildman–Crippen LogP) is 4.03. The number of aromatic nitrogens is 2. The first kappa shape index (κ1) is 12.8. The fourth-order valence-corrected chi connectivity index (χ4v) is 2.42. The molecule has 1 heterocycles. The second-order valence-corrected chi connectivity index (χ2v) is 5.28. The fourth-order valence-electron chi connectivity index (χ4n) is 2.14. The molecular weight excluding hydrogens is 266 g/mol. The highest BCUT2D eigenvalue weighted by atomic mass is 32.1. The summed E-state index contributed by atoms with van der Waals surface area (Å²) in [4.78, 5) is 9.97. The molecule has 0 spiro atoms. The van der Waals surface area contributed by atoms with Gasteiger partial charge >= 0.3 is 0 Å². The van der Waals surface area contributed by atoms with Crippen molar-refractivity contribution >= 4 is 28.9 Å². The Kier molecular flexibility index (Phi) is 3.24. The maximum atomic E-state index is 5.42. The highest BCUT2D eigenvalue weighted by molar-refractivity contribution is 7.71. The van der Waals surface area contributed by atoms with Crippen LogP contribution in [0.15, 0.2) is 48.5 Å². The Labute approximate surface area is 122 Å². The van der Waals surface area contributed by atoms with Crippen molar-refractivity contribution in [1.29, 1.82) is 0 Å². The molecule has 100 valence electrons. The minimum absolute atomic E-state index is 0.668. The van der Waals surface area contributed by atoms with Crippen molar-refractivity contribution < 1.29 is 0 Å². The molecule has 3 aromatic rings. The smallest absolute Gasteiger partial charge is 0.130 e. The standard InChI is InChI=1S/C16H15N3S/c1-19(2)12-9-7-11(8-10-12)15-16(20)18-14-6-4-3-5-13(14)17-15/h3-10H,1-2H3,(H,18,20). The van der Waals surface area contributed by atoms with Crippen LogP contribution in [-0.2, 0) is 0 Å². The number of rotatable bonds is 2. The van der Waals surface area contributed by atoms with Gasteiger partial charge in [0.25, 0.3) is 0 Å². The Morgan fingerprint density at radius 1 is 1.00 bits per heavy atom. The minimum atomic E-state index is 0.668. The Hall–Kier alpha value is -2.20. The summed E-state index contributed by atoms with van der Waals surface area (Å²) < 4.78 is 0.668. The van der Waals surface area contributed by atoms with Crippen molar-refractivity contribution in [2.75, 3.05) is 19.0 Å². The summed E-state index contributed by atoms with van der Waals surface area (Å²) in [6.07, 6.45) is 0. The van der Waals surface area contributed by atoms with E-state index in [-0.39, 0.29) is 0 Å². The molecular formula is C16H15N3S. The second-order valence-electron chi connectivity index (χ2n) is 4.87. The molecule has 2 aromatic carbocycles. The van der Waals surface area contributed by atoms with Crippen LogP contribution in [0.25, 0.3) is 22.3 Å². The molecule has 0 saturated heterocycles. The summed E-state index contributed by atoms with van der Waals surface area (Å²) in [7, 11) is 4.05. The molecule has 0 radical (unpaired) electrons. The Balaban J connectivity index is 2.13. The van der Waals surface area contributed by atoms with Gasteiger partial charge in [0.2, 0.25) is 0 Å². The number of benzene rings is 2. The number of anilines is 1. The fraction of sp³-hybridized carbons (Fsp3) is 0.125. The summed E-state index contributed by atoms with van der Waals surface area (Å²) in [6, 6.07) is 16.2. The van der Waals surface area contributed by atoms with Gasteiger partial charge in [0, 0.05) is 25.3 Å². The van der Waals surface area contributed by atoms with E-state index in [0.717, 1.165) is 28.0 Å². The highest BCUT2D eigenvalue weighted by Crippen LogP contribution is 2.23. The number of nitrogens with zero attached hydrogens (tertiary/aromatic N) is 2. The van der Waals surface area contributed by atoms with Crippen LogP contribution in [0.3, 0.4) is 0 Å². The monoisotopic (exact) mass is 281 g/mol. The molecule has 1 aromatic heterocycles. The van der Waals surface area contributed by atoms with Crippen LogP contribution in [0.2, 0.25) is 0 Å². The van der Waals surface area contributed by atoms with E-state index in [4.69, 9.17) is 12.2 Å². The van der Waals surface area contributed by atoms with Crippen molar-refractivity contribution in [2.24, 2.45) is 0 Å². The van der Waals surface area contributed by atoms with E-state index in [0.29, 0.717) is 4.64 Å². The van der Waals surface area contributed by atoms with Crippen LogP contribution in [0.1, 0.15) is 0 Å². The van der Waals surface area contributed by atoms with Crippen molar-refractivity contribution in [2.45, 2.75) is 0 Å². The average Bonchev–Trinajstić information content (AvgIpc) is 2.46. The molecule has 0 aliphatic rings. The first-order chi connectivity index (χ1) is 9.65. The maximum Gasteiger partial charge on any atom is 0.130 e. The topological polar surface area (TPSA) is 31.9 Å². The van der Waals surface area contributed by atoms with E-state index in [1.807, 2.05) is 38.4 Å². The summed E-state index contributed by atoms with van der Waals surface area (Å²) in [5.41, 5.74) is 4.90. The quantitative estimate of drug-likeness (QED) is 0.720. The SMILES string of the molecule is CN(C)c1ccc(-c2nc3ccccc3[nH]c2=S)cc1. The Bertz CT molecular complexity index is 804. The van der Waals surface area contributed by atoms with Crippen LogP contribution >= 0.6 is 12.2 Å².